The molecule has 0 aliphatic heterocycles. The van der Waals surface area contributed by atoms with Gasteiger partial charge in [0, 0.05) is 5.56 Å². The minimum Gasteiger partial charge on any atom is -0.240 e. The van der Waals surface area contributed by atoms with Crippen molar-refractivity contribution in [3.63, 3.8) is 0 Å². The summed E-state index contributed by atoms with van der Waals surface area (Å²) in [6.45, 7) is 0. The van der Waals surface area contributed by atoms with Crippen LogP contribution < -0.4 is 0 Å². The van der Waals surface area contributed by atoms with Crippen molar-refractivity contribution < 1.29 is 0 Å². The predicted octanol–water partition coefficient (Wildman–Crippen LogP) is 3.98. The van der Waals surface area contributed by atoms with Gasteiger partial charge in [-0.1, -0.05) is 46.9 Å². The lowest BCUT2D eigenvalue weighted by atomic mass is 10.1. The second kappa shape index (κ2) is 4.89. The fourth-order valence-corrected chi connectivity index (χ4v) is 1.85. The van der Waals surface area contributed by atoms with Crippen molar-refractivity contribution >= 4 is 34.8 Å². The summed E-state index contributed by atoms with van der Waals surface area (Å²) < 4.78 is 0. The van der Waals surface area contributed by atoms with Crippen LogP contribution in [0.2, 0.25) is 15.2 Å². The van der Waals surface area contributed by atoms with E-state index < -0.39 is 0 Å². The second-order valence-corrected chi connectivity index (χ2v) is 4.28. The van der Waals surface area contributed by atoms with Gasteiger partial charge in [0.05, 0.1) is 16.2 Å². The van der Waals surface area contributed by atoms with Crippen LogP contribution in [0.3, 0.4) is 0 Å². The Labute approximate surface area is 113 Å². The average Bonchev–Trinajstić information content (AvgIpc) is 2.33. The molecule has 2 rings (SSSR count). The number of nitrogens with zero attached hydrogens (tertiary/aromatic N) is 3. The second-order valence-electron chi connectivity index (χ2n) is 3.10. The first-order chi connectivity index (χ1) is 8.13. The zero-order chi connectivity index (χ0) is 12.4. The molecule has 6 heteroatoms. The SMILES string of the molecule is N#Cc1ncc(Cl)nc1-c1cccc(Cl)c1Cl. The molecular weight excluding hydrogens is 281 g/mol. The summed E-state index contributed by atoms with van der Waals surface area (Å²) in [6.07, 6.45) is 1.31. The van der Waals surface area contributed by atoms with E-state index in [1.54, 1.807) is 18.2 Å². The van der Waals surface area contributed by atoms with Crippen LogP contribution in [-0.4, -0.2) is 9.97 Å². The smallest absolute Gasteiger partial charge is 0.166 e. The summed E-state index contributed by atoms with van der Waals surface area (Å²) in [6, 6.07) is 7.00. The Hall–Kier alpha value is -1.34. The molecule has 1 heterocycles. The van der Waals surface area contributed by atoms with Crippen molar-refractivity contribution in [2.24, 2.45) is 0 Å². The van der Waals surface area contributed by atoms with Crippen LogP contribution in [0, 0.1) is 11.3 Å². The van der Waals surface area contributed by atoms with Gasteiger partial charge in [0.1, 0.15) is 16.9 Å². The molecule has 0 atom stereocenters. The maximum atomic E-state index is 8.96. The van der Waals surface area contributed by atoms with Gasteiger partial charge in [0.2, 0.25) is 0 Å². The Bertz CT molecular complexity index is 620. The fraction of sp³-hybridized carbons (Fsp3) is 0. The van der Waals surface area contributed by atoms with Crippen molar-refractivity contribution in [2.45, 2.75) is 0 Å². The number of halogens is 3. The monoisotopic (exact) mass is 283 g/mol. The first-order valence-electron chi connectivity index (χ1n) is 4.50. The van der Waals surface area contributed by atoms with E-state index in [0.717, 1.165) is 0 Å². The highest BCUT2D eigenvalue weighted by atomic mass is 35.5. The Morgan fingerprint density at radius 3 is 2.65 bits per heavy atom. The topological polar surface area (TPSA) is 49.6 Å². The van der Waals surface area contributed by atoms with E-state index in [1.165, 1.54) is 6.20 Å². The predicted molar refractivity (Wildman–Crippen MR) is 67.2 cm³/mol. The highest BCUT2D eigenvalue weighted by Gasteiger charge is 2.14. The molecule has 1 aromatic carbocycles. The lowest BCUT2D eigenvalue weighted by Gasteiger charge is -2.06. The van der Waals surface area contributed by atoms with E-state index in [0.29, 0.717) is 21.3 Å². The van der Waals surface area contributed by atoms with Gasteiger partial charge in [-0.05, 0) is 6.07 Å². The maximum absolute atomic E-state index is 8.96. The maximum Gasteiger partial charge on any atom is 0.166 e. The minimum absolute atomic E-state index is 0.151. The Kier molecular flexibility index (Phi) is 3.49. The molecule has 0 aliphatic carbocycles. The van der Waals surface area contributed by atoms with E-state index in [9.17, 15) is 0 Å². The van der Waals surface area contributed by atoms with Gasteiger partial charge < -0.3 is 0 Å². The lowest BCUT2D eigenvalue weighted by molar-refractivity contribution is 1.17. The zero-order valence-electron chi connectivity index (χ0n) is 8.28. The van der Waals surface area contributed by atoms with Crippen LogP contribution in [-0.2, 0) is 0 Å². The molecule has 0 bridgehead atoms. The molecule has 0 unspecified atom stereocenters. The van der Waals surface area contributed by atoms with E-state index in [1.807, 2.05) is 6.07 Å². The third-order valence-corrected chi connectivity index (χ3v) is 3.06. The summed E-state index contributed by atoms with van der Waals surface area (Å²) in [4.78, 5) is 7.94. The molecule has 2 aromatic rings. The van der Waals surface area contributed by atoms with Crippen LogP contribution in [0.4, 0.5) is 0 Å². The van der Waals surface area contributed by atoms with Gasteiger partial charge in [0.25, 0.3) is 0 Å². The van der Waals surface area contributed by atoms with Crippen LogP contribution in [0.25, 0.3) is 11.3 Å². The third kappa shape index (κ3) is 2.34. The highest BCUT2D eigenvalue weighted by molar-refractivity contribution is 6.43. The Morgan fingerprint density at radius 2 is 1.94 bits per heavy atom. The van der Waals surface area contributed by atoms with Crippen molar-refractivity contribution in [1.82, 2.24) is 9.97 Å². The molecule has 0 spiro atoms. The first-order valence-corrected chi connectivity index (χ1v) is 5.64. The van der Waals surface area contributed by atoms with Crippen molar-refractivity contribution in [1.29, 1.82) is 5.26 Å². The molecule has 84 valence electrons. The fourth-order valence-electron chi connectivity index (χ4n) is 1.32. The molecule has 0 radical (unpaired) electrons. The zero-order valence-corrected chi connectivity index (χ0v) is 10.6. The van der Waals surface area contributed by atoms with Crippen molar-refractivity contribution in [3.05, 3.63) is 45.3 Å². The van der Waals surface area contributed by atoms with Gasteiger partial charge in [-0.3, -0.25) is 0 Å². The molecule has 0 fully saturated rings. The third-order valence-electron chi connectivity index (χ3n) is 2.06. The molecule has 0 saturated heterocycles. The van der Waals surface area contributed by atoms with Crippen LogP contribution >= 0.6 is 34.8 Å². The summed E-state index contributed by atoms with van der Waals surface area (Å²) in [5, 5.41) is 9.85. The molecule has 0 saturated carbocycles. The Morgan fingerprint density at radius 1 is 1.18 bits per heavy atom. The van der Waals surface area contributed by atoms with E-state index in [4.69, 9.17) is 40.1 Å². The molecule has 0 aliphatic rings. The molecule has 0 N–H and O–H groups in total. The van der Waals surface area contributed by atoms with Crippen LogP contribution in [0.1, 0.15) is 5.69 Å². The number of benzene rings is 1. The van der Waals surface area contributed by atoms with Crippen LogP contribution in [0.15, 0.2) is 24.4 Å². The lowest BCUT2D eigenvalue weighted by Crippen LogP contribution is -1.94. The summed E-state index contributed by atoms with van der Waals surface area (Å²) >= 11 is 17.7. The van der Waals surface area contributed by atoms with Gasteiger partial charge in [-0.15, -0.1) is 0 Å². The van der Waals surface area contributed by atoms with Gasteiger partial charge in [0.15, 0.2) is 5.69 Å². The van der Waals surface area contributed by atoms with E-state index in [-0.39, 0.29) is 10.8 Å². The molecule has 0 amide bonds. The molecular formula is C11H4Cl3N3. The quantitative estimate of drug-likeness (QED) is 0.796. The van der Waals surface area contributed by atoms with Gasteiger partial charge in [-0.25, -0.2) is 9.97 Å². The Balaban J connectivity index is 2.72. The van der Waals surface area contributed by atoms with E-state index in [2.05, 4.69) is 9.97 Å². The van der Waals surface area contributed by atoms with Crippen molar-refractivity contribution in [3.8, 4) is 17.3 Å². The summed E-state index contributed by atoms with van der Waals surface area (Å²) in [5.41, 5.74) is 1.01. The number of aromatic nitrogens is 2. The normalized spacial score (nSPS) is 10.0. The largest absolute Gasteiger partial charge is 0.240 e. The van der Waals surface area contributed by atoms with Crippen molar-refractivity contribution in [2.75, 3.05) is 0 Å². The highest BCUT2D eigenvalue weighted by Crippen LogP contribution is 2.33. The van der Waals surface area contributed by atoms with E-state index >= 15 is 0 Å². The van der Waals surface area contributed by atoms with Gasteiger partial charge >= 0.3 is 0 Å². The average molecular weight is 285 g/mol. The minimum atomic E-state index is 0.151. The number of hydrogen-bond acceptors (Lipinski definition) is 3. The number of hydrogen-bond donors (Lipinski definition) is 0. The summed E-state index contributed by atoms with van der Waals surface area (Å²) in [7, 11) is 0. The summed E-state index contributed by atoms with van der Waals surface area (Å²) in [5.74, 6) is 0. The first kappa shape index (κ1) is 12.1. The number of rotatable bonds is 1. The standard InChI is InChI=1S/C11H4Cl3N3/c12-7-3-1-2-6(10(7)14)11-8(4-15)16-5-9(13)17-11/h1-3,5H. The van der Waals surface area contributed by atoms with Crippen LogP contribution in [0.5, 0.6) is 0 Å². The molecule has 17 heavy (non-hydrogen) atoms. The number of nitriles is 1. The molecule has 1 aromatic heterocycles. The molecule has 3 nitrogen and oxygen atoms in total. The van der Waals surface area contributed by atoms with Gasteiger partial charge in [-0.2, -0.15) is 5.26 Å².